The van der Waals surface area contributed by atoms with Crippen molar-refractivity contribution in [2.75, 3.05) is 19.6 Å². The average Bonchev–Trinajstić information content (AvgIpc) is 2.76. The highest BCUT2D eigenvalue weighted by Crippen LogP contribution is 2.17. The molecule has 0 unspecified atom stereocenters. The maximum Gasteiger partial charge on any atom is 0.241 e. The standard InChI is InChI=1S/C12H23N3O2/c1-12(2,3)10(13)11(17)14-8-9(16)15-6-4-5-7-15/h10H,4-8,13H2,1-3H3,(H,14,17)/t10-/m0/s1. The third-order valence-electron chi connectivity index (χ3n) is 3.09. The van der Waals surface area contributed by atoms with Crippen molar-refractivity contribution in [2.45, 2.75) is 39.7 Å². The van der Waals surface area contributed by atoms with Crippen molar-refractivity contribution in [3.05, 3.63) is 0 Å². The Labute approximate surface area is 103 Å². The van der Waals surface area contributed by atoms with Crippen LogP contribution in [-0.4, -0.2) is 42.4 Å². The Morgan fingerprint density at radius 2 is 1.82 bits per heavy atom. The van der Waals surface area contributed by atoms with E-state index in [0.29, 0.717) is 0 Å². The van der Waals surface area contributed by atoms with E-state index in [1.165, 1.54) is 0 Å². The average molecular weight is 241 g/mol. The summed E-state index contributed by atoms with van der Waals surface area (Å²) in [6, 6.07) is -0.589. The summed E-state index contributed by atoms with van der Waals surface area (Å²) >= 11 is 0. The van der Waals surface area contributed by atoms with E-state index in [9.17, 15) is 9.59 Å². The number of carbonyl (C=O) groups excluding carboxylic acids is 2. The minimum absolute atomic E-state index is 0.0167. The van der Waals surface area contributed by atoms with Crippen LogP contribution in [0.2, 0.25) is 0 Å². The van der Waals surface area contributed by atoms with E-state index >= 15 is 0 Å². The van der Waals surface area contributed by atoms with Crippen molar-refractivity contribution in [1.82, 2.24) is 10.2 Å². The van der Waals surface area contributed by atoms with Gasteiger partial charge in [-0.3, -0.25) is 9.59 Å². The second kappa shape index (κ2) is 5.49. The Hall–Kier alpha value is -1.10. The van der Waals surface area contributed by atoms with Crippen molar-refractivity contribution >= 4 is 11.8 Å². The molecular formula is C12H23N3O2. The molecule has 1 saturated heterocycles. The maximum absolute atomic E-state index is 11.7. The second-order valence-corrected chi connectivity index (χ2v) is 5.65. The lowest BCUT2D eigenvalue weighted by molar-refractivity contribution is -0.133. The molecule has 1 fully saturated rings. The zero-order valence-electron chi connectivity index (χ0n) is 11.0. The van der Waals surface area contributed by atoms with Gasteiger partial charge in [0.15, 0.2) is 0 Å². The molecule has 1 heterocycles. The van der Waals surface area contributed by atoms with Gasteiger partial charge in [0, 0.05) is 13.1 Å². The van der Waals surface area contributed by atoms with Gasteiger partial charge in [0.25, 0.3) is 0 Å². The highest BCUT2D eigenvalue weighted by atomic mass is 16.2. The third kappa shape index (κ3) is 4.00. The van der Waals surface area contributed by atoms with E-state index in [0.717, 1.165) is 25.9 Å². The van der Waals surface area contributed by atoms with Gasteiger partial charge in [-0.15, -0.1) is 0 Å². The van der Waals surface area contributed by atoms with Crippen molar-refractivity contribution < 1.29 is 9.59 Å². The summed E-state index contributed by atoms with van der Waals surface area (Å²) in [7, 11) is 0. The molecule has 17 heavy (non-hydrogen) atoms. The van der Waals surface area contributed by atoms with Crippen LogP contribution in [0.5, 0.6) is 0 Å². The van der Waals surface area contributed by atoms with Crippen LogP contribution in [0.3, 0.4) is 0 Å². The quantitative estimate of drug-likeness (QED) is 0.735. The highest BCUT2D eigenvalue weighted by Gasteiger charge is 2.28. The molecule has 0 radical (unpaired) electrons. The second-order valence-electron chi connectivity index (χ2n) is 5.65. The monoisotopic (exact) mass is 241 g/mol. The number of amides is 2. The zero-order valence-corrected chi connectivity index (χ0v) is 11.0. The van der Waals surface area contributed by atoms with Crippen molar-refractivity contribution in [1.29, 1.82) is 0 Å². The minimum atomic E-state index is -0.589. The molecule has 0 aromatic carbocycles. The van der Waals surface area contributed by atoms with Gasteiger partial charge in [-0.05, 0) is 18.3 Å². The molecule has 0 spiro atoms. The van der Waals surface area contributed by atoms with Crippen LogP contribution >= 0.6 is 0 Å². The van der Waals surface area contributed by atoms with Crippen LogP contribution in [0.1, 0.15) is 33.6 Å². The van der Waals surface area contributed by atoms with Crippen LogP contribution in [0.25, 0.3) is 0 Å². The predicted molar refractivity (Wildman–Crippen MR) is 66.3 cm³/mol. The van der Waals surface area contributed by atoms with Crippen molar-refractivity contribution in [2.24, 2.45) is 11.1 Å². The molecule has 1 rings (SSSR count). The summed E-state index contributed by atoms with van der Waals surface area (Å²) in [5.74, 6) is -0.276. The first-order chi connectivity index (χ1) is 7.82. The number of likely N-dealkylation sites (tertiary alicyclic amines) is 1. The van der Waals surface area contributed by atoms with Crippen LogP contribution in [0, 0.1) is 5.41 Å². The zero-order chi connectivity index (χ0) is 13.1. The van der Waals surface area contributed by atoms with E-state index < -0.39 is 6.04 Å². The third-order valence-corrected chi connectivity index (χ3v) is 3.09. The Balaban J connectivity index is 2.35. The fraction of sp³-hybridized carbons (Fsp3) is 0.833. The van der Waals surface area contributed by atoms with Crippen LogP contribution in [0.4, 0.5) is 0 Å². The summed E-state index contributed by atoms with van der Waals surface area (Å²) in [6.07, 6.45) is 2.11. The maximum atomic E-state index is 11.7. The molecule has 0 aromatic heterocycles. The highest BCUT2D eigenvalue weighted by molar-refractivity contribution is 5.87. The van der Waals surface area contributed by atoms with E-state index in [1.807, 2.05) is 20.8 Å². The first-order valence-electron chi connectivity index (χ1n) is 6.13. The Morgan fingerprint density at radius 1 is 1.29 bits per heavy atom. The number of nitrogens with one attached hydrogen (secondary N) is 1. The SMILES string of the molecule is CC(C)(C)[C@@H](N)C(=O)NCC(=O)N1CCCC1. The number of carbonyl (C=O) groups is 2. The molecule has 3 N–H and O–H groups in total. The normalized spacial score (nSPS) is 18.0. The summed E-state index contributed by atoms with van der Waals surface area (Å²) in [5, 5.41) is 2.61. The number of rotatable bonds is 3. The first kappa shape index (κ1) is 14.0. The van der Waals surface area contributed by atoms with Crippen LogP contribution < -0.4 is 11.1 Å². The number of hydrogen-bond acceptors (Lipinski definition) is 3. The lowest BCUT2D eigenvalue weighted by Gasteiger charge is -2.26. The summed E-state index contributed by atoms with van der Waals surface area (Å²) < 4.78 is 0. The molecule has 0 saturated carbocycles. The van der Waals surface area contributed by atoms with Gasteiger partial charge < -0.3 is 16.0 Å². The number of nitrogens with two attached hydrogens (primary N) is 1. The van der Waals surface area contributed by atoms with Gasteiger partial charge in [0.2, 0.25) is 11.8 Å². The number of nitrogens with zero attached hydrogens (tertiary/aromatic N) is 1. The minimum Gasteiger partial charge on any atom is -0.346 e. The molecule has 2 amide bonds. The van der Waals surface area contributed by atoms with Crippen LogP contribution in [0.15, 0.2) is 0 Å². The van der Waals surface area contributed by atoms with E-state index in [4.69, 9.17) is 5.73 Å². The van der Waals surface area contributed by atoms with Gasteiger partial charge in [-0.1, -0.05) is 20.8 Å². The Bertz CT molecular complexity index is 291. The smallest absolute Gasteiger partial charge is 0.241 e. The molecule has 0 aliphatic carbocycles. The van der Waals surface area contributed by atoms with Crippen molar-refractivity contribution in [3.8, 4) is 0 Å². The van der Waals surface area contributed by atoms with Gasteiger partial charge in [-0.25, -0.2) is 0 Å². The molecule has 5 nitrogen and oxygen atoms in total. The summed E-state index contributed by atoms with van der Waals surface area (Å²) in [5.41, 5.74) is 5.51. The summed E-state index contributed by atoms with van der Waals surface area (Å²) in [4.78, 5) is 25.2. The predicted octanol–water partition coefficient (Wildman–Crippen LogP) is 0.0984. The molecule has 98 valence electrons. The van der Waals surface area contributed by atoms with E-state index in [-0.39, 0.29) is 23.8 Å². The van der Waals surface area contributed by atoms with Gasteiger partial charge in [0.05, 0.1) is 12.6 Å². The van der Waals surface area contributed by atoms with Gasteiger partial charge in [0.1, 0.15) is 0 Å². The topological polar surface area (TPSA) is 75.4 Å². The summed E-state index contributed by atoms with van der Waals surface area (Å²) in [6.45, 7) is 7.38. The molecule has 5 heteroatoms. The van der Waals surface area contributed by atoms with Gasteiger partial charge in [-0.2, -0.15) is 0 Å². The fourth-order valence-corrected chi connectivity index (χ4v) is 1.74. The molecular weight excluding hydrogens is 218 g/mol. The van der Waals surface area contributed by atoms with E-state index in [2.05, 4.69) is 5.32 Å². The molecule has 0 aromatic rings. The van der Waals surface area contributed by atoms with E-state index in [1.54, 1.807) is 4.90 Å². The van der Waals surface area contributed by atoms with Crippen molar-refractivity contribution in [3.63, 3.8) is 0 Å². The van der Waals surface area contributed by atoms with Gasteiger partial charge >= 0.3 is 0 Å². The van der Waals surface area contributed by atoms with Crippen LogP contribution in [-0.2, 0) is 9.59 Å². The molecule has 1 atom stereocenters. The lowest BCUT2D eigenvalue weighted by Crippen LogP contribution is -2.50. The fourth-order valence-electron chi connectivity index (χ4n) is 1.74. The number of hydrogen-bond donors (Lipinski definition) is 2. The molecule has 0 bridgehead atoms. The lowest BCUT2D eigenvalue weighted by atomic mass is 9.87. The Kier molecular flexibility index (Phi) is 4.51. The first-order valence-corrected chi connectivity index (χ1v) is 6.13. The molecule has 1 aliphatic rings. The Morgan fingerprint density at radius 3 is 2.29 bits per heavy atom. The molecule has 1 aliphatic heterocycles. The largest absolute Gasteiger partial charge is 0.346 e.